The van der Waals surface area contributed by atoms with Gasteiger partial charge >= 0.3 is 0 Å². The number of ketones is 1. The molecule has 0 rings (SSSR count). The van der Waals surface area contributed by atoms with Crippen molar-refractivity contribution in [2.24, 2.45) is 0 Å². The minimum Gasteiger partial charge on any atom is -0.303 e. The third-order valence-corrected chi connectivity index (χ3v) is 7.10. The lowest BCUT2D eigenvalue weighted by Gasteiger charge is -2.22. The molecule has 0 atom stereocenters. The summed E-state index contributed by atoms with van der Waals surface area (Å²) in [7, 11) is 0. The molecule has 0 heterocycles. The van der Waals surface area contributed by atoms with Gasteiger partial charge in [-0.3, -0.25) is 4.79 Å². The molecule has 0 N–H and O–H groups in total. The van der Waals surface area contributed by atoms with Crippen molar-refractivity contribution in [3.8, 4) is 0 Å². The summed E-state index contributed by atoms with van der Waals surface area (Å²) in [6.45, 7) is 15.2. The number of carbonyl (C=O) groups excluding carboxylic acids is 1. The van der Waals surface area contributed by atoms with Crippen molar-refractivity contribution in [2.75, 3.05) is 19.6 Å². The molecule has 0 aromatic heterocycles. The quantitative estimate of drug-likeness (QED) is 0.0981. The first-order valence-corrected chi connectivity index (χ1v) is 16.4. The fourth-order valence-corrected chi connectivity index (χ4v) is 4.56. The molecule has 220 valence electrons. The van der Waals surface area contributed by atoms with Gasteiger partial charge in [0.15, 0.2) is 0 Å². The van der Waals surface area contributed by atoms with Crippen molar-refractivity contribution in [1.82, 2.24) is 4.90 Å². The normalized spacial score (nSPS) is 10.7. The molecule has 0 saturated carbocycles. The van der Waals surface area contributed by atoms with Crippen molar-refractivity contribution in [3.05, 3.63) is 0 Å². The highest BCUT2D eigenvalue weighted by atomic mass is 35.5. The van der Waals surface area contributed by atoms with Crippen LogP contribution >= 0.6 is 12.4 Å². The molecule has 0 unspecified atom stereocenters. The van der Waals surface area contributed by atoms with Gasteiger partial charge in [0.25, 0.3) is 0 Å². The second kappa shape index (κ2) is 37.1. The van der Waals surface area contributed by atoms with Crippen LogP contribution in [0.4, 0.5) is 0 Å². The average molecular weight is 532 g/mol. The summed E-state index contributed by atoms with van der Waals surface area (Å²) >= 11 is 0. The summed E-state index contributed by atoms with van der Waals surface area (Å²) in [6.07, 6.45) is 31.7. The molecule has 2 nitrogen and oxygen atoms in total. The molecule has 0 saturated heterocycles. The summed E-state index contributed by atoms with van der Waals surface area (Å²) in [5.74, 6) is 0.448. The maximum absolute atomic E-state index is 11.0. The van der Waals surface area contributed by atoms with Crippen LogP contribution in [-0.2, 0) is 4.79 Å². The molecule has 0 aromatic rings. The van der Waals surface area contributed by atoms with Gasteiger partial charge < -0.3 is 4.90 Å². The molecule has 0 spiro atoms. The Labute approximate surface area is 235 Å². The third-order valence-electron chi connectivity index (χ3n) is 7.10. The van der Waals surface area contributed by atoms with Gasteiger partial charge in [-0.15, -0.1) is 12.4 Å². The van der Waals surface area contributed by atoms with Crippen molar-refractivity contribution < 1.29 is 4.79 Å². The first kappa shape index (κ1) is 40.4. The highest BCUT2D eigenvalue weighted by Gasteiger charge is 2.05. The van der Waals surface area contributed by atoms with E-state index in [1.807, 2.05) is 0 Å². The van der Waals surface area contributed by atoms with Gasteiger partial charge in [0.2, 0.25) is 0 Å². The second-order valence-electron chi connectivity index (χ2n) is 10.9. The molecule has 0 fully saturated rings. The zero-order chi connectivity index (χ0) is 26.2. The predicted octanol–water partition coefficient (Wildman–Crippen LogP) is 11.7. The highest BCUT2D eigenvalue weighted by Crippen LogP contribution is 2.11. The van der Waals surface area contributed by atoms with Gasteiger partial charge in [-0.1, -0.05) is 144 Å². The minimum atomic E-state index is 0. The monoisotopic (exact) mass is 532 g/mol. The van der Waals surface area contributed by atoms with Crippen LogP contribution in [0.1, 0.15) is 189 Å². The van der Waals surface area contributed by atoms with Crippen LogP contribution in [0.3, 0.4) is 0 Å². The second-order valence-corrected chi connectivity index (χ2v) is 10.9. The number of unbranched alkanes of at least 4 members (excludes halogenated alkanes) is 17. The van der Waals surface area contributed by atoms with Crippen LogP contribution in [0.5, 0.6) is 0 Å². The predicted molar refractivity (Wildman–Crippen MR) is 168 cm³/mol. The van der Waals surface area contributed by atoms with E-state index in [1.165, 1.54) is 135 Å². The molecule has 0 bridgehead atoms. The van der Waals surface area contributed by atoms with E-state index in [-0.39, 0.29) is 12.4 Å². The number of rotatable bonds is 27. The fraction of sp³-hybridized carbons (Fsp3) is 0.970. The van der Waals surface area contributed by atoms with Crippen molar-refractivity contribution in [1.29, 1.82) is 0 Å². The van der Waals surface area contributed by atoms with Crippen LogP contribution in [-0.4, -0.2) is 30.3 Å². The molecular weight excluding hydrogens is 462 g/mol. The molecule has 0 aromatic carbocycles. The maximum Gasteiger partial charge on any atom is 0.132 e. The Morgan fingerprint density at radius 3 is 0.917 bits per heavy atom. The van der Waals surface area contributed by atoms with Gasteiger partial charge in [-0.25, -0.2) is 0 Å². The summed E-state index contributed by atoms with van der Waals surface area (Å²) in [6, 6.07) is 0. The van der Waals surface area contributed by atoms with Gasteiger partial charge in [0.05, 0.1) is 0 Å². The van der Waals surface area contributed by atoms with Crippen LogP contribution in [0.15, 0.2) is 0 Å². The van der Waals surface area contributed by atoms with Crippen LogP contribution in [0, 0.1) is 0 Å². The van der Waals surface area contributed by atoms with Gasteiger partial charge in [0.1, 0.15) is 5.78 Å². The molecule has 3 heteroatoms. The smallest absolute Gasteiger partial charge is 0.132 e. The molecule has 0 radical (unpaired) electrons. The van der Waals surface area contributed by atoms with Crippen molar-refractivity contribution in [3.63, 3.8) is 0 Å². The van der Waals surface area contributed by atoms with Gasteiger partial charge in [-0.2, -0.15) is 0 Å². The molecule has 36 heavy (non-hydrogen) atoms. The van der Waals surface area contributed by atoms with E-state index in [4.69, 9.17) is 0 Å². The van der Waals surface area contributed by atoms with Crippen LogP contribution < -0.4 is 0 Å². The zero-order valence-corrected chi connectivity index (χ0v) is 26.7. The van der Waals surface area contributed by atoms with E-state index < -0.39 is 0 Å². The number of nitrogens with zero attached hydrogens (tertiary/aromatic N) is 1. The van der Waals surface area contributed by atoms with E-state index in [9.17, 15) is 4.79 Å². The molecule has 0 aliphatic rings. The molecule has 0 aliphatic heterocycles. The SMILES string of the molecule is CCCCC(=O)CCCC.CCCCCCCCN(CCCCCCCC)CCCCCCCC.Cl. The number of hydrogen-bond acceptors (Lipinski definition) is 2. The lowest BCUT2D eigenvalue weighted by molar-refractivity contribution is -0.119. The summed E-state index contributed by atoms with van der Waals surface area (Å²) in [4.78, 5) is 13.8. The number of Topliss-reactive ketones (excluding diaryl/α,β-unsaturated/α-hetero) is 1. The van der Waals surface area contributed by atoms with Gasteiger partial charge in [0, 0.05) is 12.8 Å². The van der Waals surface area contributed by atoms with E-state index in [2.05, 4.69) is 39.5 Å². The van der Waals surface area contributed by atoms with E-state index >= 15 is 0 Å². The maximum atomic E-state index is 11.0. The summed E-state index contributed by atoms with van der Waals surface area (Å²) < 4.78 is 0. The number of carbonyl (C=O) groups is 1. The van der Waals surface area contributed by atoms with E-state index in [0.717, 1.165) is 38.5 Å². The van der Waals surface area contributed by atoms with Crippen molar-refractivity contribution >= 4 is 18.2 Å². The third kappa shape index (κ3) is 36.1. The van der Waals surface area contributed by atoms with E-state index in [1.54, 1.807) is 0 Å². The Morgan fingerprint density at radius 1 is 0.389 bits per heavy atom. The Morgan fingerprint density at radius 2 is 0.639 bits per heavy atom. The fourth-order valence-electron chi connectivity index (χ4n) is 4.56. The minimum absolute atomic E-state index is 0. The number of hydrogen-bond donors (Lipinski definition) is 0. The zero-order valence-electron chi connectivity index (χ0n) is 25.9. The van der Waals surface area contributed by atoms with Crippen LogP contribution in [0.25, 0.3) is 0 Å². The first-order valence-electron chi connectivity index (χ1n) is 16.4. The largest absolute Gasteiger partial charge is 0.303 e. The summed E-state index contributed by atoms with van der Waals surface area (Å²) in [5, 5.41) is 0. The highest BCUT2D eigenvalue weighted by molar-refractivity contribution is 5.85. The Kier molecular flexibility index (Phi) is 41.6. The number of halogens is 1. The summed E-state index contributed by atoms with van der Waals surface area (Å²) in [5.41, 5.74) is 0. The lowest BCUT2D eigenvalue weighted by atomic mass is 10.1. The molecular formula is C33H70ClNO. The van der Waals surface area contributed by atoms with Crippen LogP contribution in [0.2, 0.25) is 0 Å². The average Bonchev–Trinajstić information content (AvgIpc) is 2.87. The van der Waals surface area contributed by atoms with E-state index in [0.29, 0.717) is 5.78 Å². The Bertz CT molecular complexity index is 340. The molecule has 0 amide bonds. The van der Waals surface area contributed by atoms with Gasteiger partial charge in [-0.05, 0) is 51.7 Å². The van der Waals surface area contributed by atoms with Crippen molar-refractivity contribution in [2.45, 2.75) is 189 Å². The topological polar surface area (TPSA) is 20.3 Å². The Balaban J connectivity index is -0.000000834. The first-order chi connectivity index (χ1) is 17.2. The standard InChI is InChI=1S/C24H51N.C9H18O.ClH/c1-4-7-10-13-16-19-22-25(23-20-17-14-11-8-5-2)24-21-18-15-12-9-6-3;1-3-5-7-9(10)8-6-4-2;/h4-24H2,1-3H3;3-8H2,1-2H3;1H. The Hall–Kier alpha value is -0.0800. The lowest BCUT2D eigenvalue weighted by Crippen LogP contribution is -2.27. The molecule has 0 aliphatic carbocycles.